The summed E-state index contributed by atoms with van der Waals surface area (Å²) in [6, 6.07) is 7.57. The van der Waals surface area contributed by atoms with Crippen molar-refractivity contribution < 1.29 is 9.59 Å². The number of alkyl halides is 2. The number of hydrogen-bond acceptors (Lipinski definition) is 2. The Morgan fingerprint density at radius 2 is 1.90 bits per heavy atom. The molecular formula is C15H18Cl2N2O2. The Hall–Kier alpha value is -1.26. The van der Waals surface area contributed by atoms with Crippen LogP contribution in [-0.4, -0.2) is 22.7 Å². The molecule has 2 rings (SSSR count). The van der Waals surface area contributed by atoms with Gasteiger partial charge in [-0.25, -0.2) is 0 Å². The van der Waals surface area contributed by atoms with Gasteiger partial charge >= 0.3 is 0 Å². The molecule has 0 aromatic heterocycles. The molecule has 0 spiro atoms. The van der Waals surface area contributed by atoms with Gasteiger partial charge in [0, 0.05) is 5.69 Å². The molecule has 1 aliphatic rings. The number of aryl methyl sites for hydroxylation is 1. The van der Waals surface area contributed by atoms with Gasteiger partial charge in [-0.05, 0) is 31.4 Å². The third-order valence-electron chi connectivity index (χ3n) is 3.84. The minimum absolute atomic E-state index is 0.101. The van der Waals surface area contributed by atoms with Crippen LogP contribution in [0, 0.1) is 5.41 Å². The predicted molar refractivity (Wildman–Crippen MR) is 84.6 cm³/mol. The molecule has 1 atom stereocenters. The highest BCUT2D eigenvalue weighted by atomic mass is 35.5. The van der Waals surface area contributed by atoms with Gasteiger partial charge in [-0.2, -0.15) is 0 Å². The monoisotopic (exact) mass is 328 g/mol. The standard InChI is InChI=1S/C15H18Cl2N2O2/c1-3-10-6-4-5-7-11(10)19-12(20)8-18-13(21)14(2)9-15(14,16)17/h4-7H,3,8-9H2,1-2H3,(H,18,21)(H,19,20). The average molecular weight is 329 g/mol. The Labute approximate surface area is 134 Å². The molecule has 1 aromatic carbocycles. The van der Waals surface area contributed by atoms with E-state index in [0.717, 1.165) is 17.7 Å². The molecule has 1 aliphatic carbocycles. The molecule has 4 nitrogen and oxygen atoms in total. The van der Waals surface area contributed by atoms with Crippen LogP contribution in [0.5, 0.6) is 0 Å². The first kappa shape index (κ1) is 16.1. The zero-order chi connectivity index (χ0) is 15.7. The molecule has 1 unspecified atom stereocenters. The van der Waals surface area contributed by atoms with Crippen molar-refractivity contribution in [3.63, 3.8) is 0 Å². The van der Waals surface area contributed by atoms with Crippen molar-refractivity contribution in [1.82, 2.24) is 5.32 Å². The summed E-state index contributed by atoms with van der Waals surface area (Å²) in [5, 5.41) is 5.37. The van der Waals surface area contributed by atoms with Crippen LogP contribution >= 0.6 is 23.2 Å². The third-order valence-corrected chi connectivity index (χ3v) is 4.94. The van der Waals surface area contributed by atoms with Crippen molar-refractivity contribution in [2.24, 2.45) is 5.41 Å². The van der Waals surface area contributed by atoms with E-state index in [9.17, 15) is 9.59 Å². The van der Waals surface area contributed by atoms with E-state index in [2.05, 4.69) is 10.6 Å². The number of benzene rings is 1. The molecule has 0 aliphatic heterocycles. The smallest absolute Gasteiger partial charge is 0.243 e. The number of nitrogens with one attached hydrogen (secondary N) is 2. The van der Waals surface area contributed by atoms with Gasteiger partial charge in [0.2, 0.25) is 11.8 Å². The molecule has 0 heterocycles. The Morgan fingerprint density at radius 1 is 1.29 bits per heavy atom. The Balaban J connectivity index is 1.87. The quantitative estimate of drug-likeness (QED) is 0.816. The highest BCUT2D eigenvalue weighted by molar-refractivity contribution is 6.53. The SMILES string of the molecule is CCc1ccccc1NC(=O)CNC(=O)C1(C)CC1(Cl)Cl. The number of para-hydroxylation sites is 1. The first-order chi connectivity index (χ1) is 9.80. The van der Waals surface area contributed by atoms with E-state index in [-0.39, 0.29) is 18.4 Å². The first-order valence-corrected chi connectivity index (χ1v) is 7.59. The number of amides is 2. The van der Waals surface area contributed by atoms with E-state index in [1.54, 1.807) is 6.92 Å². The number of carbonyl (C=O) groups excluding carboxylic acids is 2. The molecule has 114 valence electrons. The van der Waals surface area contributed by atoms with Gasteiger partial charge in [-0.1, -0.05) is 25.1 Å². The highest BCUT2D eigenvalue weighted by Crippen LogP contribution is 2.63. The molecule has 1 saturated carbocycles. The molecule has 1 aromatic rings. The fourth-order valence-corrected chi connectivity index (χ4v) is 2.85. The summed E-state index contributed by atoms with van der Waals surface area (Å²) in [5.41, 5.74) is 1.00. The first-order valence-electron chi connectivity index (χ1n) is 6.84. The maximum Gasteiger partial charge on any atom is 0.243 e. The van der Waals surface area contributed by atoms with E-state index >= 15 is 0 Å². The molecular weight excluding hydrogens is 311 g/mol. The predicted octanol–water partition coefficient (Wildman–Crippen LogP) is 2.89. The van der Waals surface area contributed by atoms with Crippen LogP contribution in [0.15, 0.2) is 24.3 Å². The van der Waals surface area contributed by atoms with Crippen molar-refractivity contribution in [1.29, 1.82) is 0 Å². The summed E-state index contributed by atoms with van der Waals surface area (Å²) in [5.74, 6) is -0.574. The average Bonchev–Trinajstić information content (AvgIpc) is 2.97. The Bertz CT molecular complexity index is 575. The zero-order valence-electron chi connectivity index (χ0n) is 12.0. The minimum atomic E-state index is -1.03. The molecule has 0 saturated heterocycles. The number of halogens is 2. The number of rotatable bonds is 5. The second-order valence-electron chi connectivity index (χ2n) is 5.45. The van der Waals surface area contributed by atoms with E-state index in [1.165, 1.54) is 0 Å². The lowest BCUT2D eigenvalue weighted by atomic mass is 10.1. The molecule has 21 heavy (non-hydrogen) atoms. The van der Waals surface area contributed by atoms with Crippen molar-refractivity contribution in [3.05, 3.63) is 29.8 Å². The van der Waals surface area contributed by atoms with Gasteiger partial charge in [0.25, 0.3) is 0 Å². The number of hydrogen-bond donors (Lipinski definition) is 2. The van der Waals surface area contributed by atoms with Gasteiger partial charge in [0.05, 0.1) is 12.0 Å². The van der Waals surface area contributed by atoms with Gasteiger partial charge in [0.15, 0.2) is 0 Å². The molecule has 0 radical (unpaired) electrons. The second kappa shape index (κ2) is 5.85. The summed E-state index contributed by atoms with van der Waals surface area (Å²) in [6.07, 6.45) is 1.22. The van der Waals surface area contributed by atoms with Crippen molar-refractivity contribution in [3.8, 4) is 0 Å². The van der Waals surface area contributed by atoms with Crippen LogP contribution in [0.1, 0.15) is 25.8 Å². The van der Waals surface area contributed by atoms with Gasteiger partial charge < -0.3 is 10.6 Å². The summed E-state index contributed by atoms with van der Waals surface area (Å²) < 4.78 is -1.03. The normalized spacial score (nSPS) is 22.5. The number of anilines is 1. The molecule has 6 heteroatoms. The Kier molecular flexibility index (Phi) is 4.49. The summed E-state index contributed by atoms with van der Waals surface area (Å²) in [6.45, 7) is 3.60. The van der Waals surface area contributed by atoms with E-state index < -0.39 is 9.75 Å². The van der Waals surface area contributed by atoms with Crippen LogP contribution in [0.4, 0.5) is 5.69 Å². The fourth-order valence-electron chi connectivity index (χ4n) is 2.15. The Morgan fingerprint density at radius 3 is 2.48 bits per heavy atom. The lowest BCUT2D eigenvalue weighted by molar-refractivity contribution is -0.127. The van der Waals surface area contributed by atoms with Crippen molar-refractivity contribution in [2.45, 2.75) is 31.0 Å². The summed E-state index contributed by atoms with van der Waals surface area (Å²) in [7, 11) is 0. The minimum Gasteiger partial charge on any atom is -0.346 e. The third kappa shape index (κ3) is 3.33. The maximum absolute atomic E-state index is 12.0. The zero-order valence-corrected chi connectivity index (χ0v) is 13.5. The van der Waals surface area contributed by atoms with Crippen molar-refractivity contribution >= 4 is 40.7 Å². The summed E-state index contributed by atoms with van der Waals surface area (Å²) >= 11 is 11.9. The molecule has 0 bridgehead atoms. The molecule has 1 fully saturated rings. The van der Waals surface area contributed by atoms with Gasteiger partial charge in [0.1, 0.15) is 4.33 Å². The summed E-state index contributed by atoms with van der Waals surface area (Å²) in [4.78, 5) is 23.9. The van der Waals surface area contributed by atoms with E-state index in [0.29, 0.717) is 6.42 Å². The maximum atomic E-state index is 12.0. The molecule has 2 N–H and O–H groups in total. The largest absolute Gasteiger partial charge is 0.346 e. The van der Waals surface area contributed by atoms with E-state index in [4.69, 9.17) is 23.2 Å². The van der Waals surface area contributed by atoms with Crippen molar-refractivity contribution in [2.75, 3.05) is 11.9 Å². The lowest BCUT2D eigenvalue weighted by Crippen LogP contribution is -2.38. The van der Waals surface area contributed by atoms with Crippen LogP contribution in [0.25, 0.3) is 0 Å². The van der Waals surface area contributed by atoms with Crippen LogP contribution in [-0.2, 0) is 16.0 Å². The highest BCUT2D eigenvalue weighted by Gasteiger charge is 2.67. The topological polar surface area (TPSA) is 58.2 Å². The van der Waals surface area contributed by atoms with Gasteiger partial charge in [-0.3, -0.25) is 9.59 Å². The van der Waals surface area contributed by atoms with E-state index in [1.807, 2.05) is 31.2 Å². The van der Waals surface area contributed by atoms with Crippen LogP contribution < -0.4 is 10.6 Å². The second-order valence-corrected chi connectivity index (χ2v) is 6.94. The van der Waals surface area contributed by atoms with Gasteiger partial charge in [-0.15, -0.1) is 23.2 Å². The van der Waals surface area contributed by atoms with Crippen LogP contribution in [0.3, 0.4) is 0 Å². The van der Waals surface area contributed by atoms with Crippen LogP contribution in [0.2, 0.25) is 0 Å². The fraction of sp³-hybridized carbons (Fsp3) is 0.467. The lowest BCUT2D eigenvalue weighted by Gasteiger charge is -2.13. The molecule has 2 amide bonds. The number of carbonyl (C=O) groups is 2.